The van der Waals surface area contributed by atoms with Crippen molar-refractivity contribution in [2.24, 2.45) is 0 Å². The number of thioether (sulfide) groups is 1. The lowest BCUT2D eigenvalue weighted by molar-refractivity contribution is 0.763. The zero-order valence-corrected chi connectivity index (χ0v) is 11.2. The Morgan fingerprint density at radius 3 is 3.28 bits per heavy atom. The van der Waals surface area contributed by atoms with Crippen LogP contribution in [-0.2, 0) is 0 Å². The number of hydrogen-bond donors (Lipinski definition) is 2. The highest BCUT2D eigenvalue weighted by Gasteiger charge is 2.27. The summed E-state index contributed by atoms with van der Waals surface area (Å²) in [6.45, 7) is 2.22. The van der Waals surface area contributed by atoms with E-state index in [2.05, 4.69) is 32.4 Å². The van der Waals surface area contributed by atoms with Crippen LogP contribution < -0.4 is 5.32 Å². The Morgan fingerprint density at radius 2 is 2.39 bits per heavy atom. The molecule has 2 unspecified atom stereocenters. The van der Waals surface area contributed by atoms with Crippen LogP contribution in [0.3, 0.4) is 0 Å². The van der Waals surface area contributed by atoms with Crippen molar-refractivity contribution in [3.63, 3.8) is 0 Å². The normalized spacial score (nSPS) is 23.6. The van der Waals surface area contributed by atoms with E-state index in [1.165, 1.54) is 25.0 Å². The van der Waals surface area contributed by atoms with Gasteiger partial charge in [0.25, 0.3) is 0 Å². The highest BCUT2D eigenvalue weighted by molar-refractivity contribution is 7.99. The SMILES string of the molecule is CCSC1CCCC1Nc1ncnc2[nH]ncc12. The molecule has 0 spiro atoms. The van der Waals surface area contributed by atoms with Crippen LogP contribution in [-0.4, -0.2) is 37.2 Å². The third-order valence-corrected chi connectivity index (χ3v) is 4.73. The molecular weight excluding hydrogens is 246 g/mol. The van der Waals surface area contributed by atoms with E-state index >= 15 is 0 Å². The van der Waals surface area contributed by atoms with Gasteiger partial charge in [-0.3, -0.25) is 5.10 Å². The van der Waals surface area contributed by atoms with E-state index < -0.39 is 0 Å². The van der Waals surface area contributed by atoms with E-state index in [0.29, 0.717) is 11.3 Å². The molecule has 1 aliphatic carbocycles. The van der Waals surface area contributed by atoms with Crippen LogP contribution >= 0.6 is 11.8 Å². The Balaban J connectivity index is 1.81. The number of hydrogen-bond acceptors (Lipinski definition) is 5. The van der Waals surface area contributed by atoms with Crippen LogP contribution in [0.4, 0.5) is 5.82 Å². The minimum atomic E-state index is 0.517. The van der Waals surface area contributed by atoms with Crippen LogP contribution in [0.1, 0.15) is 26.2 Å². The number of nitrogens with zero attached hydrogens (tertiary/aromatic N) is 3. The van der Waals surface area contributed by atoms with Gasteiger partial charge in [0, 0.05) is 11.3 Å². The van der Waals surface area contributed by atoms with Gasteiger partial charge in [0.1, 0.15) is 12.1 Å². The minimum Gasteiger partial charge on any atom is -0.366 e. The molecule has 2 aromatic rings. The van der Waals surface area contributed by atoms with Gasteiger partial charge >= 0.3 is 0 Å². The largest absolute Gasteiger partial charge is 0.366 e. The summed E-state index contributed by atoms with van der Waals surface area (Å²) in [6, 6.07) is 0.517. The van der Waals surface area contributed by atoms with Crippen molar-refractivity contribution >= 4 is 28.6 Å². The van der Waals surface area contributed by atoms with E-state index in [-0.39, 0.29) is 0 Å². The molecular formula is C12H17N5S. The van der Waals surface area contributed by atoms with Crippen LogP contribution in [0.5, 0.6) is 0 Å². The number of fused-ring (bicyclic) bond motifs is 1. The van der Waals surface area contributed by atoms with Crippen molar-refractivity contribution in [3.8, 4) is 0 Å². The molecule has 6 heteroatoms. The van der Waals surface area contributed by atoms with Gasteiger partial charge in [-0.05, 0) is 18.6 Å². The zero-order valence-electron chi connectivity index (χ0n) is 10.4. The van der Waals surface area contributed by atoms with Crippen LogP contribution in [0, 0.1) is 0 Å². The van der Waals surface area contributed by atoms with Crippen LogP contribution in [0.25, 0.3) is 11.0 Å². The molecule has 18 heavy (non-hydrogen) atoms. The predicted molar refractivity (Wildman–Crippen MR) is 74.9 cm³/mol. The summed E-state index contributed by atoms with van der Waals surface area (Å²) in [5, 5.41) is 12.1. The number of anilines is 1. The molecule has 0 aliphatic heterocycles. The van der Waals surface area contributed by atoms with Gasteiger partial charge < -0.3 is 5.32 Å². The van der Waals surface area contributed by atoms with Gasteiger partial charge in [0.15, 0.2) is 5.65 Å². The van der Waals surface area contributed by atoms with E-state index in [4.69, 9.17) is 0 Å². The predicted octanol–water partition coefficient (Wildman–Crippen LogP) is 2.44. The Labute approximate surface area is 110 Å². The summed E-state index contributed by atoms with van der Waals surface area (Å²) in [5.74, 6) is 2.08. The highest BCUT2D eigenvalue weighted by atomic mass is 32.2. The highest BCUT2D eigenvalue weighted by Crippen LogP contribution is 2.32. The van der Waals surface area contributed by atoms with Gasteiger partial charge in [-0.1, -0.05) is 13.3 Å². The molecule has 0 radical (unpaired) electrons. The van der Waals surface area contributed by atoms with E-state index in [1.807, 2.05) is 11.8 Å². The van der Waals surface area contributed by atoms with Crippen molar-refractivity contribution in [2.75, 3.05) is 11.1 Å². The zero-order chi connectivity index (χ0) is 12.4. The van der Waals surface area contributed by atoms with Gasteiger partial charge in [-0.2, -0.15) is 16.9 Å². The first-order valence-electron chi connectivity index (χ1n) is 6.40. The summed E-state index contributed by atoms with van der Waals surface area (Å²) in [4.78, 5) is 8.50. The Hall–Kier alpha value is -1.30. The first-order valence-corrected chi connectivity index (χ1v) is 7.45. The summed E-state index contributed by atoms with van der Waals surface area (Å²) < 4.78 is 0. The lowest BCUT2D eigenvalue weighted by atomic mass is 10.2. The average Bonchev–Trinajstić information content (AvgIpc) is 3.00. The van der Waals surface area contributed by atoms with Crippen molar-refractivity contribution in [1.82, 2.24) is 20.2 Å². The summed E-state index contributed by atoms with van der Waals surface area (Å²) >= 11 is 2.04. The second-order valence-corrected chi connectivity index (χ2v) is 6.05. The lowest BCUT2D eigenvalue weighted by Crippen LogP contribution is -2.26. The summed E-state index contributed by atoms with van der Waals surface area (Å²) in [5.41, 5.74) is 0.796. The molecule has 0 bridgehead atoms. The molecule has 2 N–H and O–H groups in total. The Morgan fingerprint density at radius 1 is 1.44 bits per heavy atom. The van der Waals surface area contributed by atoms with Crippen molar-refractivity contribution in [2.45, 2.75) is 37.5 Å². The number of H-pyrrole nitrogens is 1. The summed E-state index contributed by atoms with van der Waals surface area (Å²) in [6.07, 6.45) is 7.19. The number of nitrogens with one attached hydrogen (secondary N) is 2. The Bertz CT molecular complexity index is 526. The molecule has 0 saturated heterocycles. The fourth-order valence-corrected chi connectivity index (χ4v) is 3.76. The van der Waals surface area contributed by atoms with Crippen molar-refractivity contribution in [1.29, 1.82) is 0 Å². The number of aromatic nitrogens is 4. The quantitative estimate of drug-likeness (QED) is 0.887. The van der Waals surface area contributed by atoms with Gasteiger partial charge in [-0.15, -0.1) is 0 Å². The topological polar surface area (TPSA) is 66.5 Å². The second kappa shape index (κ2) is 5.14. The Kier molecular flexibility index (Phi) is 3.36. The first kappa shape index (κ1) is 11.8. The molecule has 2 atom stereocenters. The standard InChI is InChI=1S/C12H17N5S/c1-2-18-10-5-3-4-9(10)16-11-8-6-15-17-12(8)14-7-13-11/h6-7,9-10H,2-5H2,1H3,(H2,13,14,15,16,17). The second-order valence-electron chi connectivity index (χ2n) is 4.53. The number of rotatable bonds is 4. The maximum Gasteiger partial charge on any atom is 0.160 e. The molecule has 0 aromatic carbocycles. The molecule has 3 rings (SSSR count). The molecule has 1 aliphatic rings. The van der Waals surface area contributed by atoms with Gasteiger partial charge in [0.2, 0.25) is 0 Å². The van der Waals surface area contributed by atoms with Crippen molar-refractivity contribution in [3.05, 3.63) is 12.5 Å². The molecule has 0 amide bonds. The van der Waals surface area contributed by atoms with Gasteiger partial charge in [0.05, 0.1) is 11.6 Å². The summed E-state index contributed by atoms with van der Waals surface area (Å²) in [7, 11) is 0. The number of aromatic amines is 1. The molecule has 96 valence electrons. The maximum atomic E-state index is 4.35. The molecule has 2 heterocycles. The van der Waals surface area contributed by atoms with Crippen molar-refractivity contribution < 1.29 is 0 Å². The molecule has 2 aromatic heterocycles. The monoisotopic (exact) mass is 263 g/mol. The molecule has 1 fully saturated rings. The smallest absolute Gasteiger partial charge is 0.160 e. The fourth-order valence-electron chi connectivity index (χ4n) is 2.56. The van der Waals surface area contributed by atoms with E-state index in [9.17, 15) is 0 Å². The van der Waals surface area contributed by atoms with Crippen LogP contribution in [0.15, 0.2) is 12.5 Å². The van der Waals surface area contributed by atoms with E-state index in [1.54, 1.807) is 12.5 Å². The third kappa shape index (κ3) is 2.16. The average molecular weight is 263 g/mol. The van der Waals surface area contributed by atoms with Crippen LogP contribution in [0.2, 0.25) is 0 Å². The minimum absolute atomic E-state index is 0.517. The lowest BCUT2D eigenvalue weighted by Gasteiger charge is -2.20. The maximum absolute atomic E-state index is 4.35. The van der Waals surface area contributed by atoms with E-state index in [0.717, 1.165) is 16.9 Å². The molecule has 5 nitrogen and oxygen atoms in total. The van der Waals surface area contributed by atoms with Gasteiger partial charge in [-0.25, -0.2) is 9.97 Å². The third-order valence-electron chi connectivity index (χ3n) is 3.40. The fraction of sp³-hybridized carbons (Fsp3) is 0.583. The first-order chi connectivity index (χ1) is 8.88. The molecule has 1 saturated carbocycles.